The van der Waals surface area contributed by atoms with Crippen LogP contribution in [0.3, 0.4) is 0 Å². The number of halogens is 1. The Morgan fingerprint density at radius 1 is 1.40 bits per heavy atom. The molecule has 0 fully saturated rings. The number of carbonyl (C=O) groups is 1. The van der Waals surface area contributed by atoms with Gasteiger partial charge in [-0.1, -0.05) is 17.7 Å². The van der Waals surface area contributed by atoms with E-state index in [4.69, 9.17) is 16.3 Å². The van der Waals surface area contributed by atoms with E-state index < -0.39 is 0 Å². The van der Waals surface area contributed by atoms with Crippen LogP contribution in [0.5, 0.6) is 5.75 Å². The van der Waals surface area contributed by atoms with Crippen molar-refractivity contribution in [3.05, 3.63) is 45.6 Å². The molecule has 0 spiro atoms. The van der Waals surface area contributed by atoms with Gasteiger partial charge in [-0.05, 0) is 36.6 Å². The third kappa shape index (κ3) is 4.15. The first-order valence-electron chi connectivity index (χ1n) is 6.18. The minimum Gasteiger partial charge on any atom is -0.492 e. The number of hydrogen-bond donors (Lipinski definition) is 2. The summed E-state index contributed by atoms with van der Waals surface area (Å²) >= 11 is 7.66. The maximum absolute atomic E-state index is 11.7. The highest BCUT2D eigenvalue weighted by molar-refractivity contribution is 7.09. The second-order valence-corrected chi connectivity index (χ2v) is 5.40. The lowest BCUT2D eigenvalue weighted by atomic mass is 10.3. The topological polar surface area (TPSA) is 50.4 Å². The van der Waals surface area contributed by atoms with Crippen LogP contribution in [-0.4, -0.2) is 12.6 Å². The lowest BCUT2D eigenvalue weighted by Crippen LogP contribution is -2.27. The van der Waals surface area contributed by atoms with Crippen molar-refractivity contribution in [2.75, 3.05) is 11.9 Å². The van der Waals surface area contributed by atoms with Crippen LogP contribution in [-0.2, 0) is 6.54 Å². The largest absolute Gasteiger partial charge is 0.492 e. The van der Waals surface area contributed by atoms with E-state index in [1.807, 2.05) is 24.4 Å². The highest BCUT2D eigenvalue weighted by atomic mass is 35.5. The predicted molar refractivity (Wildman–Crippen MR) is 82.8 cm³/mol. The Bertz CT molecular complexity index is 573. The van der Waals surface area contributed by atoms with Crippen LogP contribution < -0.4 is 15.4 Å². The zero-order valence-corrected chi connectivity index (χ0v) is 12.6. The number of anilines is 1. The molecule has 1 heterocycles. The molecular formula is C14H15ClN2O2S. The number of ether oxygens (including phenoxy) is 1. The average molecular weight is 311 g/mol. The minimum absolute atomic E-state index is 0.265. The molecule has 0 aliphatic heterocycles. The summed E-state index contributed by atoms with van der Waals surface area (Å²) in [6, 6.07) is 8.81. The van der Waals surface area contributed by atoms with E-state index in [9.17, 15) is 4.79 Å². The summed E-state index contributed by atoms with van der Waals surface area (Å²) in [6.45, 7) is 2.95. The first kappa shape index (κ1) is 14.7. The van der Waals surface area contributed by atoms with Crippen LogP contribution >= 0.6 is 22.9 Å². The van der Waals surface area contributed by atoms with Crippen molar-refractivity contribution in [2.24, 2.45) is 0 Å². The fourth-order valence-corrected chi connectivity index (χ4v) is 2.49. The lowest BCUT2D eigenvalue weighted by molar-refractivity contribution is 0.252. The van der Waals surface area contributed by atoms with Crippen LogP contribution in [0.1, 0.15) is 11.8 Å². The Hall–Kier alpha value is -1.72. The molecule has 2 amide bonds. The van der Waals surface area contributed by atoms with Gasteiger partial charge < -0.3 is 15.4 Å². The smallest absolute Gasteiger partial charge is 0.319 e. The Kier molecular flexibility index (Phi) is 5.26. The van der Waals surface area contributed by atoms with E-state index in [1.165, 1.54) is 0 Å². The molecule has 0 radical (unpaired) electrons. The second-order valence-electron chi connectivity index (χ2n) is 3.97. The number of hydrogen-bond acceptors (Lipinski definition) is 3. The summed E-state index contributed by atoms with van der Waals surface area (Å²) < 4.78 is 5.33. The molecule has 0 aliphatic rings. The number of benzene rings is 1. The molecule has 0 aliphatic carbocycles. The molecule has 1 aromatic heterocycles. The molecule has 0 atom stereocenters. The van der Waals surface area contributed by atoms with E-state index in [1.54, 1.807) is 29.5 Å². The van der Waals surface area contributed by atoms with Gasteiger partial charge >= 0.3 is 6.03 Å². The van der Waals surface area contributed by atoms with Crippen molar-refractivity contribution in [1.82, 2.24) is 5.32 Å². The molecule has 20 heavy (non-hydrogen) atoms. The van der Waals surface area contributed by atoms with Gasteiger partial charge in [0.05, 0.1) is 18.2 Å². The van der Waals surface area contributed by atoms with Gasteiger partial charge in [0.1, 0.15) is 5.75 Å². The highest BCUT2D eigenvalue weighted by Crippen LogP contribution is 2.27. The van der Waals surface area contributed by atoms with E-state index >= 15 is 0 Å². The number of urea groups is 1. The van der Waals surface area contributed by atoms with Crippen molar-refractivity contribution in [3.63, 3.8) is 0 Å². The highest BCUT2D eigenvalue weighted by Gasteiger charge is 2.06. The summed E-state index contributed by atoms with van der Waals surface area (Å²) in [5, 5.41) is 7.96. The van der Waals surface area contributed by atoms with Crippen LogP contribution in [0, 0.1) is 0 Å². The van der Waals surface area contributed by atoms with Gasteiger partial charge in [0.25, 0.3) is 0 Å². The van der Waals surface area contributed by atoms with Gasteiger partial charge in [0.2, 0.25) is 0 Å². The van der Waals surface area contributed by atoms with Crippen molar-refractivity contribution in [1.29, 1.82) is 0 Å². The van der Waals surface area contributed by atoms with Gasteiger partial charge in [-0.2, -0.15) is 0 Å². The zero-order valence-electron chi connectivity index (χ0n) is 11.0. The molecule has 2 rings (SSSR count). The number of amides is 2. The van der Waals surface area contributed by atoms with Gasteiger partial charge in [-0.3, -0.25) is 0 Å². The fourth-order valence-electron chi connectivity index (χ4n) is 1.61. The van der Waals surface area contributed by atoms with Crippen LogP contribution in [0.2, 0.25) is 5.02 Å². The molecule has 106 valence electrons. The SMILES string of the molecule is CCOc1ccc(NC(=O)NCc2cccs2)cc1Cl. The Labute approximate surface area is 126 Å². The third-order valence-corrected chi connectivity index (χ3v) is 3.66. The molecule has 0 unspecified atom stereocenters. The fraction of sp³-hybridized carbons (Fsp3) is 0.214. The van der Waals surface area contributed by atoms with Crippen molar-refractivity contribution >= 4 is 34.7 Å². The van der Waals surface area contributed by atoms with Crippen molar-refractivity contribution in [3.8, 4) is 5.75 Å². The van der Waals surface area contributed by atoms with Crippen LogP contribution in [0.4, 0.5) is 10.5 Å². The standard InChI is InChI=1S/C14H15ClN2O2S/c1-2-19-13-6-5-10(8-12(13)15)17-14(18)16-9-11-4-3-7-20-11/h3-8H,2,9H2,1H3,(H2,16,17,18). The maximum atomic E-state index is 11.7. The molecule has 0 saturated heterocycles. The van der Waals surface area contributed by atoms with Crippen molar-refractivity contribution < 1.29 is 9.53 Å². The Morgan fingerprint density at radius 3 is 2.90 bits per heavy atom. The van der Waals surface area contributed by atoms with Crippen LogP contribution in [0.15, 0.2) is 35.7 Å². The minimum atomic E-state index is -0.265. The second kappa shape index (κ2) is 7.17. The maximum Gasteiger partial charge on any atom is 0.319 e. The predicted octanol–water partition coefficient (Wildman–Crippen LogP) is 4.12. The molecule has 2 N–H and O–H groups in total. The molecule has 2 aromatic rings. The third-order valence-electron chi connectivity index (χ3n) is 2.49. The average Bonchev–Trinajstić information content (AvgIpc) is 2.93. The monoisotopic (exact) mass is 310 g/mol. The summed E-state index contributed by atoms with van der Waals surface area (Å²) in [7, 11) is 0. The van der Waals surface area contributed by atoms with E-state index in [0.717, 1.165) is 4.88 Å². The van der Waals surface area contributed by atoms with Gasteiger partial charge in [-0.25, -0.2) is 4.79 Å². The summed E-state index contributed by atoms with van der Waals surface area (Å²) in [5.74, 6) is 0.610. The number of carbonyl (C=O) groups excluding carboxylic acids is 1. The quantitative estimate of drug-likeness (QED) is 0.872. The molecule has 6 heteroatoms. The summed E-state index contributed by atoms with van der Waals surface area (Å²) in [5.41, 5.74) is 0.627. The first-order valence-corrected chi connectivity index (χ1v) is 7.44. The first-order chi connectivity index (χ1) is 9.69. The Balaban J connectivity index is 1.89. The van der Waals surface area contributed by atoms with Gasteiger partial charge in [-0.15, -0.1) is 11.3 Å². The van der Waals surface area contributed by atoms with Gasteiger partial charge in [0, 0.05) is 10.6 Å². The molecule has 1 aromatic carbocycles. The molecular weight excluding hydrogens is 296 g/mol. The normalized spacial score (nSPS) is 10.1. The number of thiophene rings is 1. The van der Waals surface area contributed by atoms with Crippen LogP contribution in [0.25, 0.3) is 0 Å². The zero-order chi connectivity index (χ0) is 14.4. The van der Waals surface area contributed by atoms with E-state index in [-0.39, 0.29) is 6.03 Å². The van der Waals surface area contributed by atoms with E-state index in [0.29, 0.717) is 29.6 Å². The Morgan fingerprint density at radius 2 is 2.25 bits per heavy atom. The molecule has 0 saturated carbocycles. The lowest BCUT2D eigenvalue weighted by Gasteiger charge is -2.09. The van der Waals surface area contributed by atoms with Gasteiger partial charge in [0.15, 0.2) is 0 Å². The molecule has 0 bridgehead atoms. The number of nitrogens with one attached hydrogen (secondary N) is 2. The summed E-state index contributed by atoms with van der Waals surface area (Å²) in [4.78, 5) is 12.8. The summed E-state index contributed by atoms with van der Waals surface area (Å²) in [6.07, 6.45) is 0. The van der Waals surface area contributed by atoms with E-state index in [2.05, 4.69) is 10.6 Å². The molecule has 4 nitrogen and oxygen atoms in total. The van der Waals surface area contributed by atoms with Crippen molar-refractivity contribution in [2.45, 2.75) is 13.5 Å². The number of rotatable bonds is 5.